The van der Waals surface area contributed by atoms with Crippen LogP contribution in [0.3, 0.4) is 0 Å². The Labute approximate surface area is 200 Å². The van der Waals surface area contributed by atoms with E-state index in [1.165, 1.54) is 4.57 Å². The van der Waals surface area contributed by atoms with Crippen molar-refractivity contribution in [2.24, 2.45) is 5.41 Å². The van der Waals surface area contributed by atoms with Crippen molar-refractivity contribution in [2.75, 3.05) is 44.3 Å². The van der Waals surface area contributed by atoms with E-state index in [2.05, 4.69) is 16.8 Å². The van der Waals surface area contributed by atoms with Crippen molar-refractivity contribution in [2.45, 2.75) is 50.7 Å². The Kier molecular flexibility index (Phi) is 6.20. The van der Waals surface area contributed by atoms with E-state index < -0.39 is 5.60 Å². The number of aliphatic hydroxyl groups is 1. The second kappa shape index (κ2) is 9.15. The Morgan fingerprint density at radius 3 is 2.50 bits per heavy atom. The first-order chi connectivity index (χ1) is 16.3. The molecule has 2 aromatic rings. The minimum absolute atomic E-state index is 0.113. The van der Waals surface area contributed by atoms with Crippen LogP contribution in [0, 0.1) is 5.41 Å². The number of carbonyl (C=O) groups is 1. The zero-order valence-electron chi connectivity index (χ0n) is 19.9. The third-order valence-electron chi connectivity index (χ3n) is 7.80. The molecule has 0 unspecified atom stereocenters. The van der Waals surface area contributed by atoms with Gasteiger partial charge < -0.3 is 19.6 Å². The van der Waals surface area contributed by atoms with E-state index in [0.717, 1.165) is 38.3 Å². The number of ether oxygens (including phenoxy) is 1. The van der Waals surface area contributed by atoms with Gasteiger partial charge in [-0.3, -0.25) is 14.2 Å². The fourth-order valence-electron chi connectivity index (χ4n) is 5.40. The zero-order chi connectivity index (χ0) is 23.8. The fraction of sp³-hybridized carbons (Fsp3) is 0.577. The molecule has 8 heteroatoms. The number of carbonyl (C=O) groups excluding carboxylic acids is 1. The summed E-state index contributed by atoms with van der Waals surface area (Å²) in [5, 5.41) is 11.1. The molecule has 5 rings (SSSR count). The summed E-state index contributed by atoms with van der Waals surface area (Å²) in [7, 11) is 0. The molecule has 0 saturated carbocycles. The molecule has 3 aliphatic rings. The molecule has 182 valence electrons. The minimum atomic E-state index is -1.02. The smallest absolute Gasteiger partial charge is 0.255 e. The van der Waals surface area contributed by atoms with Crippen LogP contribution in [0.1, 0.15) is 44.1 Å². The minimum Gasteiger partial charge on any atom is -0.388 e. The van der Waals surface area contributed by atoms with Crippen LogP contribution in [0.4, 0.5) is 5.82 Å². The summed E-state index contributed by atoms with van der Waals surface area (Å²) in [6.45, 7) is 6.59. The van der Waals surface area contributed by atoms with Crippen LogP contribution in [0.25, 0.3) is 0 Å². The number of piperidine rings is 1. The summed E-state index contributed by atoms with van der Waals surface area (Å²) in [5.74, 6) is 0.965. The lowest BCUT2D eigenvalue weighted by Crippen LogP contribution is -2.49. The van der Waals surface area contributed by atoms with Crippen LogP contribution in [-0.2, 0) is 16.1 Å². The van der Waals surface area contributed by atoms with Crippen LogP contribution in [0.5, 0.6) is 0 Å². The van der Waals surface area contributed by atoms with Crippen molar-refractivity contribution in [1.29, 1.82) is 0 Å². The van der Waals surface area contributed by atoms with Crippen molar-refractivity contribution >= 4 is 11.7 Å². The highest BCUT2D eigenvalue weighted by Crippen LogP contribution is 2.38. The average molecular weight is 467 g/mol. The Morgan fingerprint density at radius 1 is 1.15 bits per heavy atom. The normalized spacial score (nSPS) is 21.9. The van der Waals surface area contributed by atoms with Crippen LogP contribution < -0.4 is 10.5 Å². The van der Waals surface area contributed by atoms with Gasteiger partial charge in [0.05, 0.1) is 31.7 Å². The maximum absolute atomic E-state index is 12.8. The molecule has 3 fully saturated rings. The number of benzene rings is 1. The van der Waals surface area contributed by atoms with Gasteiger partial charge in [0.25, 0.3) is 5.56 Å². The Balaban J connectivity index is 1.15. The number of hydrogen-bond acceptors (Lipinski definition) is 6. The Bertz CT molecular complexity index is 1070. The molecular weight excluding hydrogens is 432 g/mol. The van der Waals surface area contributed by atoms with Gasteiger partial charge in [-0.05, 0) is 30.7 Å². The third-order valence-corrected chi connectivity index (χ3v) is 7.80. The molecule has 0 radical (unpaired) electrons. The van der Waals surface area contributed by atoms with Gasteiger partial charge in [0, 0.05) is 44.1 Å². The Hall–Kier alpha value is -2.71. The molecule has 3 saturated heterocycles. The fourth-order valence-corrected chi connectivity index (χ4v) is 5.40. The molecular formula is C26H34N4O4. The van der Waals surface area contributed by atoms with E-state index in [4.69, 9.17) is 4.74 Å². The Morgan fingerprint density at radius 2 is 1.88 bits per heavy atom. The van der Waals surface area contributed by atoms with Gasteiger partial charge in [-0.15, -0.1) is 0 Å². The van der Waals surface area contributed by atoms with E-state index in [-0.39, 0.29) is 29.3 Å². The lowest BCUT2D eigenvalue weighted by molar-refractivity contribution is -0.136. The van der Waals surface area contributed by atoms with Crippen LogP contribution >= 0.6 is 0 Å². The van der Waals surface area contributed by atoms with Crippen molar-refractivity contribution in [3.63, 3.8) is 0 Å². The van der Waals surface area contributed by atoms with Gasteiger partial charge in [-0.2, -0.15) is 0 Å². The topological polar surface area (TPSA) is 87.9 Å². The molecule has 0 bridgehead atoms. The lowest BCUT2D eigenvalue weighted by atomic mass is 9.85. The summed E-state index contributed by atoms with van der Waals surface area (Å²) in [5.41, 5.74) is 0.218. The summed E-state index contributed by atoms with van der Waals surface area (Å²) in [6, 6.07) is 11.6. The molecule has 0 aliphatic carbocycles. The van der Waals surface area contributed by atoms with Crippen LogP contribution in [-0.4, -0.2) is 70.5 Å². The highest BCUT2D eigenvalue weighted by atomic mass is 16.5. The van der Waals surface area contributed by atoms with E-state index in [1.807, 2.05) is 35.2 Å². The molecule has 8 nitrogen and oxygen atoms in total. The largest absolute Gasteiger partial charge is 0.388 e. The first-order valence-electron chi connectivity index (χ1n) is 12.3. The van der Waals surface area contributed by atoms with Gasteiger partial charge >= 0.3 is 0 Å². The standard InChI is InChI=1S/C26H34N4O4/c1-20(21-5-3-2-4-6-21)13-23(31)28-11-8-26(33,9-12-28)16-30-19-27-22(14-24(30)32)29-10-7-25(15-29)17-34-18-25/h2-6,14,19-20,33H,7-13,15-18H2,1H3/t20-/m1/s1. The molecule has 1 aromatic heterocycles. The number of nitrogens with zero attached hydrogens (tertiary/aromatic N) is 4. The number of hydrogen-bond donors (Lipinski definition) is 1. The lowest BCUT2D eigenvalue weighted by Gasteiger charge is -2.39. The van der Waals surface area contributed by atoms with Crippen LogP contribution in [0.15, 0.2) is 47.5 Å². The summed E-state index contributed by atoms with van der Waals surface area (Å²) < 4.78 is 6.88. The predicted octanol–water partition coefficient (Wildman–Crippen LogP) is 2.02. The maximum atomic E-state index is 12.8. The highest BCUT2D eigenvalue weighted by molar-refractivity contribution is 5.77. The molecule has 34 heavy (non-hydrogen) atoms. The van der Waals surface area contributed by atoms with Crippen molar-refractivity contribution < 1.29 is 14.6 Å². The SMILES string of the molecule is C[C@H](CC(=O)N1CCC(O)(Cn2cnc(N3CCC4(COC4)C3)cc2=O)CC1)c1ccccc1. The van der Waals surface area contributed by atoms with Gasteiger partial charge in [-0.1, -0.05) is 37.3 Å². The van der Waals surface area contributed by atoms with E-state index in [1.54, 1.807) is 12.4 Å². The molecule has 3 aliphatic heterocycles. The first-order valence-corrected chi connectivity index (χ1v) is 12.3. The second-order valence-electron chi connectivity index (χ2n) is 10.5. The summed E-state index contributed by atoms with van der Waals surface area (Å²) in [6.07, 6.45) is 3.97. The van der Waals surface area contributed by atoms with E-state index in [0.29, 0.717) is 38.2 Å². The van der Waals surface area contributed by atoms with Crippen LogP contribution in [0.2, 0.25) is 0 Å². The van der Waals surface area contributed by atoms with Gasteiger partial charge in [0.1, 0.15) is 5.82 Å². The predicted molar refractivity (Wildman–Crippen MR) is 129 cm³/mol. The highest BCUT2D eigenvalue weighted by Gasteiger charge is 2.45. The quantitative estimate of drug-likeness (QED) is 0.701. The number of anilines is 1. The molecule has 1 spiro atoms. The summed E-state index contributed by atoms with van der Waals surface area (Å²) in [4.78, 5) is 34.1. The number of rotatable bonds is 6. The molecule has 1 amide bonds. The number of aromatic nitrogens is 2. The van der Waals surface area contributed by atoms with E-state index in [9.17, 15) is 14.7 Å². The second-order valence-corrected chi connectivity index (χ2v) is 10.5. The van der Waals surface area contributed by atoms with E-state index >= 15 is 0 Å². The molecule has 1 N–H and O–H groups in total. The average Bonchev–Trinajstić information content (AvgIpc) is 3.28. The van der Waals surface area contributed by atoms with Gasteiger partial charge in [0.15, 0.2) is 0 Å². The molecule has 1 atom stereocenters. The third kappa shape index (κ3) is 4.74. The summed E-state index contributed by atoms with van der Waals surface area (Å²) >= 11 is 0. The van der Waals surface area contributed by atoms with Gasteiger partial charge in [0.2, 0.25) is 5.91 Å². The number of amides is 1. The first kappa shape index (κ1) is 23.1. The number of likely N-dealkylation sites (tertiary alicyclic amines) is 1. The van der Waals surface area contributed by atoms with Gasteiger partial charge in [-0.25, -0.2) is 4.98 Å². The monoisotopic (exact) mass is 466 g/mol. The van der Waals surface area contributed by atoms with Crippen molar-refractivity contribution in [3.05, 3.63) is 58.6 Å². The molecule has 4 heterocycles. The van der Waals surface area contributed by atoms with Crippen molar-refractivity contribution in [1.82, 2.24) is 14.5 Å². The molecule has 1 aromatic carbocycles. The maximum Gasteiger partial charge on any atom is 0.255 e. The zero-order valence-corrected chi connectivity index (χ0v) is 19.9. The van der Waals surface area contributed by atoms with Crippen molar-refractivity contribution in [3.8, 4) is 0 Å².